The molecule has 0 saturated heterocycles. The summed E-state index contributed by atoms with van der Waals surface area (Å²) in [6.07, 6.45) is 3.97. The number of hydrogen-bond acceptors (Lipinski definition) is 0. The third-order valence-corrected chi connectivity index (χ3v) is 1.99. The highest BCUT2D eigenvalue weighted by atomic mass is 19.1. The van der Waals surface area contributed by atoms with E-state index < -0.39 is 11.6 Å². The molecule has 0 nitrogen and oxygen atoms in total. The lowest BCUT2D eigenvalue weighted by Crippen LogP contribution is -1.90. The molecule has 0 aliphatic carbocycles. The van der Waals surface area contributed by atoms with Crippen molar-refractivity contribution in [2.24, 2.45) is 0 Å². The van der Waals surface area contributed by atoms with Crippen molar-refractivity contribution in [1.29, 1.82) is 0 Å². The van der Waals surface area contributed by atoms with Crippen molar-refractivity contribution >= 4 is 5.57 Å². The number of rotatable bonds is 3. The quantitative estimate of drug-likeness (QED) is 0.639. The van der Waals surface area contributed by atoms with Gasteiger partial charge in [-0.15, -0.1) is 6.58 Å². The van der Waals surface area contributed by atoms with Gasteiger partial charge in [0.1, 0.15) is 11.6 Å². The van der Waals surface area contributed by atoms with Crippen LogP contribution in [0.5, 0.6) is 0 Å². The van der Waals surface area contributed by atoms with Gasteiger partial charge in [-0.2, -0.15) is 0 Å². The summed E-state index contributed by atoms with van der Waals surface area (Å²) in [6.45, 7) is 5.36. The second-order valence-electron chi connectivity index (χ2n) is 2.93. The Balaban J connectivity index is 3.15. The molecule has 0 aromatic heterocycles. The van der Waals surface area contributed by atoms with Crippen LogP contribution in [0.15, 0.2) is 36.9 Å². The zero-order valence-corrected chi connectivity index (χ0v) is 8.06. The molecule has 0 heterocycles. The SMILES string of the molecule is C=CCC(=CC)c1cc(F)ccc1F. The summed E-state index contributed by atoms with van der Waals surface area (Å²) in [5, 5.41) is 0. The van der Waals surface area contributed by atoms with E-state index in [1.807, 2.05) is 0 Å². The molecule has 1 aromatic rings. The first-order valence-corrected chi connectivity index (χ1v) is 4.40. The number of benzene rings is 1. The fourth-order valence-corrected chi connectivity index (χ4v) is 1.28. The molecule has 0 unspecified atom stereocenters. The molecular weight excluding hydrogens is 182 g/mol. The Kier molecular flexibility index (Phi) is 3.57. The first kappa shape index (κ1) is 10.6. The molecule has 0 amide bonds. The maximum atomic E-state index is 13.3. The van der Waals surface area contributed by atoms with E-state index in [0.29, 0.717) is 12.0 Å². The Morgan fingerprint density at radius 2 is 2.14 bits per heavy atom. The zero-order chi connectivity index (χ0) is 10.6. The summed E-state index contributed by atoms with van der Waals surface area (Å²) in [4.78, 5) is 0. The van der Waals surface area contributed by atoms with Gasteiger partial charge in [0, 0.05) is 5.56 Å². The Labute approximate surface area is 82.6 Å². The van der Waals surface area contributed by atoms with Gasteiger partial charge < -0.3 is 0 Å². The lowest BCUT2D eigenvalue weighted by atomic mass is 10.0. The lowest BCUT2D eigenvalue weighted by Gasteiger charge is -2.05. The van der Waals surface area contributed by atoms with E-state index >= 15 is 0 Å². The molecule has 1 rings (SSSR count). The molecule has 0 radical (unpaired) electrons. The second-order valence-corrected chi connectivity index (χ2v) is 2.93. The molecule has 0 N–H and O–H groups in total. The van der Waals surface area contributed by atoms with Crippen LogP contribution in [0.1, 0.15) is 18.9 Å². The van der Waals surface area contributed by atoms with E-state index in [0.717, 1.165) is 17.7 Å². The Bertz CT molecular complexity index is 365. The summed E-state index contributed by atoms with van der Waals surface area (Å²) in [6, 6.07) is 3.45. The number of halogens is 2. The van der Waals surface area contributed by atoms with Gasteiger partial charge in [-0.3, -0.25) is 0 Å². The van der Waals surface area contributed by atoms with Gasteiger partial charge in [-0.25, -0.2) is 8.78 Å². The van der Waals surface area contributed by atoms with Crippen molar-refractivity contribution in [3.8, 4) is 0 Å². The van der Waals surface area contributed by atoms with E-state index in [1.54, 1.807) is 19.1 Å². The summed E-state index contributed by atoms with van der Waals surface area (Å²) >= 11 is 0. The fraction of sp³-hybridized carbons (Fsp3) is 0.167. The van der Waals surface area contributed by atoms with E-state index in [1.165, 1.54) is 6.07 Å². The topological polar surface area (TPSA) is 0 Å². The predicted molar refractivity (Wildman–Crippen MR) is 54.8 cm³/mol. The molecule has 14 heavy (non-hydrogen) atoms. The van der Waals surface area contributed by atoms with Crippen LogP contribution in [0.25, 0.3) is 5.57 Å². The Morgan fingerprint density at radius 3 is 2.71 bits per heavy atom. The summed E-state index contributed by atoms with van der Waals surface area (Å²) in [5.41, 5.74) is 1.06. The van der Waals surface area contributed by atoms with Gasteiger partial charge in [0.25, 0.3) is 0 Å². The van der Waals surface area contributed by atoms with Crippen molar-refractivity contribution < 1.29 is 8.78 Å². The van der Waals surface area contributed by atoms with Crippen molar-refractivity contribution in [3.05, 3.63) is 54.1 Å². The van der Waals surface area contributed by atoms with Crippen LogP contribution in [-0.2, 0) is 0 Å². The molecule has 0 fully saturated rings. The molecule has 0 aliphatic rings. The lowest BCUT2D eigenvalue weighted by molar-refractivity contribution is 0.596. The van der Waals surface area contributed by atoms with Gasteiger partial charge in [-0.1, -0.05) is 12.2 Å². The van der Waals surface area contributed by atoms with E-state index in [4.69, 9.17) is 0 Å². The first-order chi connectivity index (χ1) is 6.69. The average molecular weight is 194 g/mol. The number of allylic oxidation sites excluding steroid dienone is 3. The molecule has 0 aliphatic heterocycles. The minimum absolute atomic E-state index is 0.312. The monoisotopic (exact) mass is 194 g/mol. The first-order valence-electron chi connectivity index (χ1n) is 4.40. The second kappa shape index (κ2) is 4.70. The van der Waals surface area contributed by atoms with Gasteiger partial charge in [0.15, 0.2) is 0 Å². The van der Waals surface area contributed by atoms with Crippen LogP contribution in [0, 0.1) is 11.6 Å². The standard InChI is InChI=1S/C12H12F2/c1-3-5-9(4-2)11-8-10(13)6-7-12(11)14/h3-4,6-8H,1,5H2,2H3. The maximum Gasteiger partial charge on any atom is 0.130 e. The van der Waals surface area contributed by atoms with Crippen molar-refractivity contribution in [3.63, 3.8) is 0 Å². The van der Waals surface area contributed by atoms with Crippen LogP contribution in [0.2, 0.25) is 0 Å². The van der Waals surface area contributed by atoms with Crippen LogP contribution < -0.4 is 0 Å². The van der Waals surface area contributed by atoms with E-state index in [2.05, 4.69) is 6.58 Å². The van der Waals surface area contributed by atoms with Gasteiger partial charge in [-0.05, 0) is 37.1 Å². The van der Waals surface area contributed by atoms with Gasteiger partial charge in [0.05, 0.1) is 0 Å². The highest BCUT2D eigenvalue weighted by Crippen LogP contribution is 2.22. The minimum atomic E-state index is -0.426. The maximum absolute atomic E-state index is 13.3. The zero-order valence-electron chi connectivity index (χ0n) is 8.06. The van der Waals surface area contributed by atoms with Crippen LogP contribution in [0.3, 0.4) is 0 Å². The number of hydrogen-bond donors (Lipinski definition) is 0. The van der Waals surface area contributed by atoms with Crippen LogP contribution >= 0.6 is 0 Å². The highest BCUT2D eigenvalue weighted by molar-refractivity contribution is 5.66. The molecule has 0 atom stereocenters. The van der Waals surface area contributed by atoms with Crippen molar-refractivity contribution in [1.82, 2.24) is 0 Å². The predicted octanol–water partition coefficient (Wildman–Crippen LogP) is 3.94. The molecule has 0 bridgehead atoms. The largest absolute Gasteiger partial charge is 0.207 e. The molecular formula is C12H12F2. The molecule has 2 heteroatoms. The molecule has 0 spiro atoms. The normalized spacial score (nSPS) is 11.5. The van der Waals surface area contributed by atoms with Crippen molar-refractivity contribution in [2.45, 2.75) is 13.3 Å². The molecule has 1 aromatic carbocycles. The molecule has 74 valence electrons. The third kappa shape index (κ3) is 2.28. The van der Waals surface area contributed by atoms with E-state index in [-0.39, 0.29) is 0 Å². The van der Waals surface area contributed by atoms with Crippen LogP contribution in [0.4, 0.5) is 8.78 Å². The fourth-order valence-electron chi connectivity index (χ4n) is 1.28. The van der Waals surface area contributed by atoms with Gasteiger partial charge >= 0.3 is 0 Å². The van der Waals surface area contributed by atoms with Crippen LogP contribution in [-0.4, -0.2) is 0 Å². The van der Waals surface area contributed by atoms with Crippen molar-refractivity contribution in [2.75, 3.05) is 0 Å². The minimum Gasteiger partial charge on any atom is -0.207 e. The highest BCUT2D eigenvalue weighted by Gasteiger charge is 2.06. The Morgan fingerprint density at radius 1 is 1.43 bits per heavy atom. The van der Waals surface area contributed by atoms with Gasteiger partial charge in [0.2, 0.25) is 0 Å². The average Bonchev–Trinajstić information content (AvgIpc) is 2.18. The summed E-state index contributed by atoms with van der Waals surface area (Å²) < 4.78 is 26.2. The van der Waals surface area contributed by atoms with E-state index in [9.17, 15) is 8.78 Å². The third-order valence-electron chi connectivity index (χ3n) is 1.99. The summed E-state index contributed by atoms with van der Waals surface area (Å²) in [5.74, 6) is -0.828. The smallest absolute Gasteiger partial charge is 0.130 e. The molecule has 0 saturated carbocycles. The summed E-state index contributed by atoms with van der Waals surface area (Å²) in [7, 11) is 0. The Hall–Kier alpha value is -1.44.